The fourth-order valence-corrected chi connectivity index (χ4v) is 7.05. The molecule has 0 saturated carbocycles. The van der Waals surface area contributed by atoms with Crippen LogP contribution in [0.3, 0.4) is 0 Å². The van der Waals surface area contributed by atoms with Crippen molar-refractivity contribution in [2.24, 2.45) is 0 Å². The molecule has 0 radical (unpaired) electrons. The van der Waals surface area contributed by atoms with E-state index in [2.05, 4.69) is 36.6 Å². The number of aromatic nitrogens is 2. The van der Waals surface area contributed by atoms with E-state index in [1.54, 1.807) is 11.9 Å². The minimum Gasteiger partial charge on any atom is -0.341 e. The Kier molecular flexibility index (Phi) is 6.68. The number of carbonyl (C=O) groups is 1. The average molecular weight is 484 g/mol. The van der Waals surface area contributed by atoms with Gasteiger partial charge < -0.3 is 4.90 Å². The third kappa shape index (κ3) is 5.01. The number of sulfone groups is 1. The van der Waals surface area contributed by atoms with E-state index < -0.39 is 15.1 Å². The van der Waals surface area contributed by atoms with Crippen molar-refractivity contribution in [2.45, 2.75) is 43.6 Å². The summed E-state index contributed by atoms with van der Waals surface area (Å²) in [5, 5.41) is 0.322. The van der Waals surface area contributed by atoms with E-state index in [4.69, 9.17) is 4.98 Å². The summed E-state index contributed by atoms with van der Waals surface area (Å²) in [7, 11) is -1.35. The van der Waals surface area contributed by atoms with Crippen LogP contribution in [-0.2, 0) is 14.6 Å². The number of thioether (sulfide) groups is 1. The Morgan fingerprint density at radius 3 is 2.55 bits per heavy atom. The SMILES string of the molecule is Cc1ccc(-n2c(-c3ccccc3)cnc2S[C@H](C)C(=O)N(C)[C@@H]2CCS(=O)(=O)C2)c(C)c1. The lowest BCUT2D eigenvalue weighted by Crippen LogP contribution is -2.41. The fraction of sp³-hybridized carbons (Fsp3) is 0.360. The lowest BCUT2D eigenvalue weighted by molar-refractivity contribution is -0.130. The molecule has 1 aliphatic heterocycles. The van der Waals surface area contributed by atoms with E-state index in [1.165, 1.54) is 17.3 Å². The summed E-state index contributed by atoms with van der Waals surface area (Å²) >= 11 is 1.40. The van der Waals surface area contributed by atoms with Crippen molar-refractivity contribution >= 4 is 27.5 Å². The molecule has 0 bridgehead atoms. The van der Waals surface area contributed by atoms with Gasteiger partial charge in [0.25, 0.3) is 0 Å². The lowest BCUT2D eigenvalue weighted by atomic mass is 10.1. The molecule has 0 N–H and O–H groups in total. The Labute approximate surface area is 199 Å². The predicted octanol–water partition coefficient (Wildman–Crippen LogP) is 4.28. The van der Waals surface area contributed by atoms with Gasteiger partial charge in [0.05, 0.1) is 34.3 Å². The number of amides is 1. The molecule has 1 aliphatic rings. The van der Waals surface area contributed by atoms with E-state index in [-0.39, 0.29) is 23.5 Å². The maximum absolute atomic E-state index is 13.2. The van der Waals surface area contributed by atoms with Gasteiger partial charge in [-0.25, -0.2) is 13.4 Å². The van der Waals surface area contributed by atoms with Crippen LogP contribution in [0.25, 0.3) is 16.9 Å². The Morgan fingerprint density at radius 2 is 1.91 bits per heavy atom. The molecular weight excluding hydrogens is 454 g/mol. The van der Waals surface area contributed by atoms with Crippen molar-refractivity contribution in [3.63, 3.8) is 0 Å². The van der Waals surface area contributed by atoms with Crippen LogP contribution >= 0.6 is 11.8 Å². The van der Waals surface area contributed by atoms with Crippen LogP contribution in [0.1, 0.15) is 24.5 Å². The molecule has 2 heterocycles. The molecular formula is C25H29N3O3S2. The van der Waals surface area contributed by atoms with Gasteiger partial charge in [-0.3, -0.25) is 9.36 Å². The first kappa shape index (κ1) is 23.6. The molecule has 8 heteroatoms. The minimum atomic E-state index is -3.05. The highest BCUT2D eigenvalue weighted by Gasteiger charge is 2.34. The molecule has 33 heavy (non-hydrogen) atoms. The van der Waals surface area contributed by atoms with E-state index in [1.807, 2.05) is 43.5 Å². The van der Waals surface area contributed by atoms with Crippen molar-refractivity contribution in [3.05, 3.63) is 65.9 Å². The first-order valence-corrected chi connectivity index (χ1v) is 13.7. The summed E-state index contributed by atoms with van der Waals surface area (Å²) in [6, 6.07) is 16.1. The second-order valence-electron chi connectivity index (χ2n) is 8.68. The van der Waals surface area contributed by atoms with Gasteiger partial charge in [-0.1, -0.05) is 59.8 Å². The van der Waals surface area contributed by atoms with Crippen LogP contribution < -0.4 is 0 Å². The fourth-order valence-electron chi connectivity index (χ4n) is 4.28. The molecule has 4 rings (SSSR count). The standard InChI is InChI=1S/C25H29N3O3S2/c1-17-10-11-22(18(2)14-17)28-23(20-8-6-5-7-9-20)15-26-25(28)32-19(3)24(29)27(4)21-12-13-33(30,31)16-21/h5-11,14-15,19,21H,12-13,16H2,1-4H3/t19-,21-/m1/s1. The van der Waals surface area contributed by atoms with E-state index in [0.29, 0.717) is 6.42 Å². The van der Waals surface area contributed by atoms with Crippen molar-refractivity contribution in [1.82, 2.24) is 14.5 Å². The number of hydrogen-bond acceptors (Lipinski definition) is 5. The summed E-state index contributed by atoms with van der Waals surface area (Å²) in [4.78, 5) is 19.5. The second-order valence-corrected chi connectivity index (χ2v) is 12.2. The molecule has 1 amide bonds. The van der Waals surface area contributed by atoms with Crippen LogP contribution in [0.2, 0.25) is 0 Å². The number of imidazole rings is 1. The summed E-state index contributed by atoms with van der Waals surface area (Å²) in [6.45, 7) is 6.00. The monoisotopic (exact) mass is 483 g/mol. The number of nitrogens with zero attached hydrogens (tertiary/aromatic N) is 3. The number of rotatable bonds is 6. The van der Waals surface area contributed by atoms with Crippen LogP contribution in [0.15, 0.2) is 59.9 Å². The highest BCUT2D eigenvalue weighted by Crippen LogP contribution is 2.34. The number of aryl methyl sites for hydroxylation is 2. The van der Waals surface area contributed by atoms with E-state index >= 15 is 0 Å². The topological polar surface area (TPSA) is 72.3 Å². The molecule has 174 valence electrons. The Morgan fingerprint density at radius 1 is 1.18 bits per heavy atom. The zero-order valence-corrected chi connectivity index (χ0v) is 21.0. The summed E-state index contributed by atoms with van der Waals surface area (Å²) < 4.78 is 25.8. The van der Waals surface area contributed by atoms with Crippen molar-refractivity contribution in [3.8, 4) is 16.9 Å². The molecule has 2 aromatic carbocycles. The number of benzene rings is 2. The van der Waals surface area contributed by atoms with Crippen molar-refractivity contribution in [2.75, 3.05) is 18.6 Å². The quantitative estimate of drug-likeness (QED) is 0.489. The lowest BCUT2D eigenvalue weighted by Gasteiger charge is -2.26. The van der Waals surface area contributed by atoms with Gasteiger partial charge >= 0.3 is 0 Å². The van der Waals surface area contributed by atoms with Gasteiger partial charge in [0.15, 0.2) is 15.0 Å². The average Bonchev–Trinajstić information content (AvgIpc) is 3.36. The summed E-state index contributed by atoms with van der Waals surface area (Å²) in [5.41, 5.74) is 5.33. The summed E-state index contributed by atoms with van der Waals surface area (Å²) in [5.74, 6) is 0.106. The van der Waals surface area contributed by atoms with Crippen molar-refractivity contribution in [1.29, 1.82) is 0 Å². The highest BCUT2D eigenvalue weighted by molar-refractivity contribution is 8.00. The molecule has 1 aromatic heterocycles. The molecule has 6 nitrogen and oxygen atoms in total. The van der Waals surface area contributed by atoms with Gasteiger partial charge in [-0.15, -0.1) is 0 Å². The van der Waals surface area contributed by atoms with Gasteiger partial charge in [0.2, 0.25) is 5.91 Å². The smallest absolute Gasteiger partial charge is 0.235 e. The largest absolute Gasteiger partial charge is 0.341 e. The van der Waals surface area contributed by atoms with E-state index in [0.717, 1.165) is 27.7 Å². The van der Waals surface area contributed by atoms with Crippen LogP contribution in [0.4, 0.5) is 0 Å². The first-order valence-electron chi connectivity index (χ1n) is 11.0. The third-order valence-electron chi connectivity index (χ3n) is 6.13. The number of hydrogen-bond donors (Lipinski definition) is 0. The number of carbonyl (C=O) groups excluding carboxylic acids is 1. The van der Waals surface area contributed by atoms with Crippen LogP contribution in [0, 0.1) is 13.8 Å². The molecule has 3 aromatic rings. The van der Waals surface area contributed by atoms with Gasteiger partial charge in [0, 0.05) is 18.7 Å². The summed E-state index contributed by atoms with van der Waals surface area (Å²) in [6.07, 6.45) is 2.35. The highest BCUT2D eigenvalue weighted by atomic mass is 32.2. The molecule has 1 fully saturated rings. The van der Waals surface area contributed by atoms with Crippen LogP contribution in [-0.4, -0.2) is 58.6 Å². The zero-order valence-electron chi connectivity index (χ0n) is 19.4. The van der Waals surface area contributed by atoms with E-state index in [9.17, 15) is 13.2 Å². The molecule has 0 aliphatic carbocycles. The van der Waals surface area contributed by atoms with Gasteiger partial charge in [-0.05, 0) is 38.8 Å². The van der Waals surface area contributed by atoms with Gasteiger partial charge in [0.1, 0.15) is 0 Å². The molecule has 1 saturated heterocycles. The predicted molar refractivity (Wildman–Crippen MR) is 134 cm³/mol. The van der Waals surface area contributed by atoms with Crippen molar-refractivity contribution < 1.29 is 13.2 Å². The van der Waals surface area contributed by atoms with Crippen LogP contribution in [0.5, 0.6) is 0 Å². The molecule has 2 atom stereocenters. The Hall–Kier alpha value is -2.58. The zero-order chi connectivity index (χ0) is 23.8. The maximum Gasteiger partial charge on any atom is 0.235 e. The first-order chi connectivity index (χ1) is 15.7. The van der Waals surface area contributed by atoms with Gasteiger partial charge in [-0.2, -0.15) is 0 Å². The Bertz CT molecular complexity index is 1270. The molecule has 0 spiro atoms. The minimum absolute atomic E-state index is 0.0436. The Balaban J connectivity index is 1.66. The normalized spacial score (nSPS) is 18.2. The maximum atomic E-state index is 13.2. The third-order valence-corrected chi connectivity index (χ3v) is 8.93. The molecule has 0 unspecified atom stereocenters. The second kappa shape index (κ2) is 9.35.